The number of nitrogens with one attached hydrogen (secondary N) is 2. The van der Waals surface area contributed by atoms with Crippen LogP contribution >= 0.6 is 11.6 Å². The Kier molecular flexibility index (Phi) is 4.64. The normalized spacial score (nSPS) is 10.3. The summed E-state index contributed by atoms with van der Waals surface area (Å²) in [6, 6.07) is 18.7. The maximum absolute atomic E-state index is 11.9. The minimum absolute atomic E-state index is 0.242. The Balaban J connectivity index is 1.54. The second-order valence-corrected chi connectivity index (χ2v) is 5.51. The Bertz CT molecular complexity index is 765. The van der Waals surface area contributed by atoms with Gasteiger partial charge in [-0.3, -0.25) is 0 Å². The van der Waals surface area contributed by atoms with Gasteiger partial charge < -0.3 is 15.2 Å². The zero-order valence-corrected chi connectivity index (χ0v) is 13.1. The maximum Gasteiger partial charge on any atom is 0.319 e. The molecule has 0 aliphatic heterocycles. The van der Waals surface area contributed by atoms with Crippen molar-refractivity contribution in [3.05, 3.63) is 83.6 Å². The van der Waals surface area contributed by atoms with Gasteiger partial charge in [0.15, 0.2) is 0 Å². The van der Waals surface area contributed by atoms with Gasteiger partial charge in [0, 0.05) is 35.3 Å². The third-order valence-corrected chi connectivity index (χ3v) is 3.65. The van der Waals surface area contributed by atoms with E-state index in [1.54, 1.807) is 12.1 Å². The van der Waals surface area contributed by atoms with Crippen molar-refractivity contribution in [1.82, 2.24) is 9.88 Å². The lowest BCUT2D eigenvalue weighted by Gasteiger charge is -2.09. The Labute approximate surface area is 139 Å². The van der Waals surface area contributed by atoms with E-state index in [1.807, 2.05) is 65.5 Å². The summed E-state index contributed by atoms with van der Waals surface area (Å²) in [7, 11) is 0. The van der Waals surface area contributed by atoms with Gasteiger partial charge in [0.05, 0.1) is 0 Å². The first kappa shape index (κ1) is 15.2. The molecule has 2 amide bonds. The molecule has 0 spiro atoms. The van der Waals surface area contributed by atoms with E-state index in [0.29, 0.717) is 11.6 Å². The highest BCUT2D eigenvalue weighted by molar-refractivity contribution is 6.30. The van der Waals surface area contributed by atoms with Gasteiger partial charge in [-0.25, -0.2) is 4.79 Å². The summed E-state index contributed by atoms with van der Waals surface area (Å²) >= 11 is 5.83. The van der Waals surface area contributed by atoms with Crippen molar-refractivity contribution in [2.45, 2.75) is 6.54 Å². The van der Waals surface area contributed by atoms with E-state index < -0.39 is 0 Å². The Hall–Kier alpha value is -2.72. The van der Waals surface area contributed by atoms with Crippen LogP contribution in [-0.2, 0) is 6.54 Å². The lowest BCUT2D eigenvalue weighted by Crippen LogP contribution is -2.28. The van der Waals surface area contributed by atoms with Crippen LogP contribution < -0.4 is 10.6 Å². The molecule has 5 heteroatoms. The van der Waals surface area contributed by atoms with Gasteiger partial charge in [-0.05, 0) is 54.1 Å². The van der Waals surface area contributed by atoms with E-state index in [-0.39, 0.29) is 6.03 Å². The maximum atomic E-state index is 11.9. The highest BCUT2D eigenvalue weighted by Crippen LogP contribution is 2.13. The molecule has 2 aromatic carbocycles. The summed E-state index contributed by atoms with van der Waals surface area (Å²) in [5, 5.41) is 6.30. The number of amides is 2. The van der Waals surface area contributed by atoms with Crippen LogP contribution in [0.3, 0.4) is 0 Å². The summed E-state index contributed by atoms with van der Waals surface area (Å²) < 4.78 is 2.00. The monoisotopic (exact) mass is 325 g/mol. The fourth-order valence-corrected chi connectivity index (χ4v) is 2.31. The zero-order chi connectivity index (χ0) is 16.1. The number of rotatable bonds is 4. The van der Waals surface area contributed by atoms with Gasteiger partial charge in [0.25, 0.3) is 0 Å². The van der Waals surface area contributed by atoms with Crippen LogP contribution in [0.2, 0.25) is 5.02 Å². The predicted octanol–water partition coefficient (Wildman–Crippen LogP) is 4.45. The third-order valence-electron chi connectivity index (χ3n) is 3.39. The Morgan fingerprint density at radius 1 is 0.957 bits per heavy atom. The van der Waals surface area contributed by atoms with Gasteiger partial charge in [-0.2, -0.15) is 0 Å². The van der Waals surface area contributed by atoms with Gasteiger partial charge in [0.1, 0.15) is 0 Å². The molecular weight excluding hydrogens is 310 g/mol. The highest BCUT2D eigenvalue weighted by atomic mass is 35.5. The number of carbonyl (C=O) groups is 1. The lowest BCUT2D eigenvalue weighted by atomic mass is 10.2. The van der Waals surface area contributed by atoms with E-state index in [9.17, 15) is 4.79 Å². The van der Waals surface area contributed by atoms with E-state index in [1.165, 1.54) is 0 Å². The van der Waals surface area contributed by atoms with Gasteiger partial charge >= 0.3 is 6.03 Å². The summed E-state index contributed by atoms with van der Waals surface area (Å²) in [6.07, 6.45) is 3.95. The molecule has 1 heterocycles. The highest BCUT2D eigenvalue weighted by Gasteiger charge is 2.02. The first-order valence-corrected chi connectivity index (χ1v) is 7.61. The van der Waals surface area contributed by atoms with E-state index in [0.717, 1.165) is 16.9 Å². The second-order valence-electron chi connectivity index (χ2n) is 5.07. The predicted molar refractivity (Wildman–Crippen MR) is 93.1 cm³/mol. The van der Waals surface area contributed by atoms with Crippen molar-refractivity contribution in [3.8, 4) is 5.69 Å². The van der Waals surface area contributed by atoms with Crippen LogP contribution in [0, 0.1) is 0 Å². The number of urea groups is 1. The first-order valence-electron chi connectivity index (χ1n) is 7.23. The summed E-state index contributed by atoms with van der Waals surface area (Å²) in [5.74, 6) is 0. The van der Waals surface area contributed by atoms with Crippen molar-refractivity contribution in [2.75, 3.05) is 5.32 Å². The quantitative estimate of drug-likeness (QED) is 0.731. The van der Waals surface area contributed by atoms with E-state index in [4.69, 9.17) is 11.6 Å². The third kappa shape index (κ3) is 4.14. The molecule has 3 rings (SSSR count). The number of aromatic nitrogens is 1. The summed E-state index contributed by atoms with van der Waals surface area (Å²) in [6.45, 7) is 0.449. The van der Waals surface area contributed by atoms with Crippen LogP contribution in [0.1, 0.15) is 5.56 Å². The van der Waals surface area contributed by atoms with Gasteiger partial charge in [0.2, 0.25) is 0 Å². The molecule has 0 aliphatic rings. The number of hydrogen-bond acceptors (Lipinski definition) is 1. The fraction of sp³-hybridized carbons (Fsp3) is 0.0556. The molecule has 0 radical (unpaired) electrons. The molecule has 3 aromatic rings. The van der Waals surface area contributed by atoms with Crippen LogP contribution in [-0.4, -0.2) is 10.6 Å². The Morgan fingerprint density at radius 3 is 2.26 bits per heavy atom. The summed E-state index contributed by atoms with van der Waals surface area (Å²) in [4.78, 5) is 11.9. The second kappa shape index (κ2) is 7.03. The first-order chi connectivity index (χ1) is 11.2. The van der Waals surface area contributed by atoms with Crippen molar-refractivity contribution in [2.24, 2.45) is 0 Å². The zero-order valence-electron chi connectivity index (χ0n) is 12.4. The molecule has 0 aliphatic carbocycles. The molecule has 0 unspecified atom stereocenters. The molecule has 0 saturated heterocycles. The number of hydrogen-bond donors (Lipinski definition) is 2. The Morgan fingerprint density at radius 2 is 1.61 bits per heavy atom. The molecule has 0 fully saturated rings. The van der Waals surface area contributed by atoms with Gasteiger partial charge in [-0.15, -0.1) is 0 Å². The van der Waals surface area contributed by atoms with Gasteiger partial charge in [-0.1, -0.05) is 23.7 Å². The molecule has 23 heavy (non-hydrogen) atoms. The van der Waals surface area contributed by atoms with Crippen molar-refractivity contribution < 1.29 is 4.79 Å². The number of nitrogens with zero attached hydrogens (tertiary/aromatic N) is 1. The van der Waals surface area contributed by atoms with Crippen molar-refractivity contribution >= 4 is 23.3 Å². The molecule has 0 atom stereocenters. The molecule has 0 bridgehead atoms. The lowest BCUT2D eigenvalue weighted by molar-refractivity contribution is 0.251. The number of anilines is 1. The standard InChI is InChI=1S/C18H16ClN3O/c19-15-5-3-14(4-6-15)13-20-18(23)21-16-7-9-17(10-8-16)22-11-1-2-12-22/h1-12H,13H2,(H2,20,21,23). The topological polar surface area (TPSA) is 46.1 Å². The average molecular weight is 326 g/mol. The average Bonchev–Trinajstić information content (AvgIpc) is 3.09. The van der Waals surface area contributed by atoms with E-state index >= 15 is 0 Å². The van der Waals surface area contributed by atoms with Crippen molar-refractivity contribution in [3.63, 3.8) is 0 Å². The van der Waals surface area contributed by atoms with E-state index in [2.05, 4.69) is 10.6 Å². The minimum Gasteiger partial charge on any atom is -0.334 e. The van der Waals surface area contributed by atoms with Crippen LogP contribution in [0.25, 0.3) is 5.69 Å². The van der Waals surface area contributed by atoms with Crippen LogP contribution in [0.15, 0.2) is 73.1 Å². The molecule has 116 valence electrons. The minimum atomic E-state index is -0.242. The molecule has 1 aromatic heterocycles. The smallest absolute Gasteiger partial charge is 0.319 e. The number of carbonyl (C=O) groups excluding carboxylic acids is 1. The van der Waals surface area contributed by atoms with Crippen LogP contribution in [0.5, 0.6) is 0 Å². The molecule has 2 N–H and O–H groups in total. The number of benzene rings is 2. The van der Waals surface area contributed by atoms with Crippen LogP contribution in [0.4, 0.5) is 10.5 Å². The fourth-order valence-electron chi connectivity index (χ4n) is 2.18. The molecule has 0 saturated carbocycles. The molecule has 4 nitrogen and oxygen atoms in total. The summed E-state index contributed by atoms with van der Waals surface area (Å²) in [5.41, 5.74) is 2.78. The SMILES string of the molecule is O=C(NCc1ccc(Cl)cc1)Nc1ccc(-n2cccc2)cc1. The molecular formula is C18H16ClN3O. The van der Waals surface area contributed by atoms with Crippen molar-refractivity contribution in [1.29, 1.82) is 0 Å². The largest absolute Gasteiger partial charge is 0.334 e. The number of halogens is 1.